The van der Waals surface area contributed by atoms with Crippen LogP contribution < -0.4 is 5.32 Å². The lowest BCUT2D eigenvalue weighted by Gasteiger charge is -2.33. The lowest BCUT2D eigenvalue weighted by Crippen LogP contribution is -2.38. The summed E-state index contributed by atoms with van der Waals surface area (Å²) < 4.78 is 14.0. The van der Waals surface area contributed by atoms with E-state index in [2.05, 4.69) is 12.2 Å². The van der Waals surface area contributed by atoms with Crippen molar-refractivity contribution in [3.05, 3.63) is 35.1 Å². The van der Waals surface area contributed by atoms with Gasteiger partial charge < -0.3 is 5.32 Å². The average Bonchev–Trinajstić information content (AvgIpc) is 2.39. The van der Waals surface area contributed by atoms with Crippen molar-refractivity contribution in [2.75, 3.05) is 6.54 Å². The summed E-state index contributed by atoms with van der Waals surface area (Å²) >= 11 is 0. The summed E-state index contributed by atoms with van der Waals surface area (Å²) in [5, 5.41) is 3.60. The van der Waals surface area contributed by atoms with Crippen LogP contribution in [0.1, 0.15) is 56.1 Å². The van der Waals surface area contributed by atoms with Crippen LogP contribution >= 0.6 is 0 Å². The maximum atomic E-state index is 14.0. The van der Waals surface area contributed by atoms with Crippen molar-refractivity contribution in [1.29, 1.82) is 0 Å². The molecule has 0 aromatic heterocycles. The van der Waals surface area contributed by atoms with Crippen molar-refractivity contribution >= 4 is 0 Å². The van der Waals surface area contributed by atoms with Crippen LogP contribution in [0, 0.1) is 12.7 Å². The van der Waals surface area contributed by atoms with Crippen LogP contribution in [0.15, 0.2) is 18.2 Å². The molecular weight excluding hydrogens is 225 g/mol. The summed E-state index contributed by atoms with van der Waals surface area (Å²) in [5.74, 6) is 0.320. The largest absolute Gasteiger partial charge is 0.313 e. The molecule has 0 spiro atoms. The minimum atomic E-state index is -0.0317. The van der Waals surface area contributed by atoms with E-state index >= 15 is 0 Å². The highest BCUT2D eigenvalue weighted by Crippen LogP contribution is 2.34. The van der Waals surface area contributed by atoms with Crippen LogP contribution in [-0.4, -0.2) is 12.6 Å². The van der Waals surface area contributed by atoms with Gasteiger partial charge in [-0.1, -0.05) is 37.5 Å². The first-order valence-corrected chi connectivity index (χ1v) is 7.21. The quantitative estimate of drug-likeness (QED) is 0.845. The zero-order chi connectivity index (χ0) is 13.0. The standard InChI is InChI=1S/C16H24FN/c1-3-10-18-16-7-5-4-6-13(16)14-11-12(2)8-9-15(14)17/h8-9,11,13,16,18H,3-7,10H2,1-2H3. The van der Waals surface area contributed by atoms with Gasteiger partial charge in [-0.25, -0.2) is 4.39 Å². The molecule has 0 amide bonds. The summed E-state index contributed by atoms with van der Waals surface area (Å²) in [4.78, 5) is 0. The fraction of sp³-hybridized carbons (Fsp3) is 0.625. The molecule has 1 aromatic rings. The Morgan fingerprint density at radius 1 is 1.28 bits per heavy atom. The molecule has 1 N–H and O–H groups in total. The predicted molar refractivity (Wildman–Crippen MR) is 74.4 cm³/mol. The molecule has 2 heteroatoms. The molecule has 100 valence electrons. The topological polar surface area (TPSA) is 12.0 Å². The SMILES string of the molecule is CCCNC1CCCCC1c1cc(C)ccc1F. The Morgan fingerprint density at radius 3 is 2.83 bits per heavy atom. The number of hydrogen-bond donors (Lipinski definition) is 1. The number of halogens is 1. The molecular formula is C16H24FN. The van der Waals surface area contributed by atoms with Crippen LogP contribution in [0.4, 0.5) is 4.39 Å². The lowest BCUT2D eigenvalue weighted by atomic mass is 9.79. The van der Waals surface area contributed by atoms with E-state index in [4.69, 9.17) is 0 Å². The second-order valence-electron chi connectivity index (χ2n) is 5.48. The summed E-state index contributed by atoms with van der Waals surface area (Å²) in [6.45, 7) is 5.26. The van der Waals surface area contributed by atoms with Crippen molar-refractivity contribution in [3.63, 3.8) is 0 Å². The molecule has 2 rings (SSSR count). The van der Waals surface area contributed by atoms with E-state index in [1.807, 2.05) is 19.1 Å². The summed E-state index contributed by atoms with van der Waals surface area (Å²) in [5.41, 5.74) is 2.08. The van der Waals surface area contributed by atoms with Crippen molar-refractivity contribution in [1.82, 2.24) is 5.32 Å². The number of aryl methyl sites for hydroxylation is 1. The van der Waals surface area contributed by atoms with E-state index in [9.17, 15) is 4.39 Å². The third kappa shape index (κ3) is 3.11. The van der Waals surface area contributed by atoms with E-state index in [1.165, 1.54) is 19.3 Å². The molecule has 0 aliphatic heterocycles. The Bertz CT molecular complexity index is 389. The Morgan fingerprint density at radius 2 is 2.06 bits per heavy atom. The normalized spacial score (nSPS) is 24.2. The molecule has 1 nitrogen and oxygen atoms in total. The summed E-state index contributed by atoms with van der Waals surface area (Å²) in [6.07, 6.45) is 5.92. The van der Waals surface area contributed by atoms with Gasteiger partial charge in [0, 0.05) is 12.0 Å². The second-order valence-corrected chi connectivity index (χ2v) is 5.48. The smallest absolute Gasteiger partial charge is 0.126 e. The monoisotopic (exact) mass is 249 g/mol. The Hall–Kier alpha value is -0.890. The van der Waals surface area contributed by atoms with Crippen LogP contribution in [0.2, 0.25) is 0 Å². The van der Waals surface area contributed by atoms with E-state index in [0.717, 1.165) is 30.5 Å². The minimum Gasteiger partial charge on any atom is -0.313 e. The second kappa shape index (κ2) is 6.33. The van der Waals surface area contributed by atoms with Crippen LogP contribution in [0.5, 0.6) is 0 Å². The lowest BCUT2D eigenvalue weighted by molar-refractivity contribution is 0.322. The molecule has 1 aliphatic rings. The van der Waals surface area contributed by atoms with Gasteiger partial charge >= 0.3 is 0 Å². The van der Waals surface area contributed by atoms with E-state index in [-0.39, 0.29) is 5.82 Å². The van der Waals surface area contributed by atoms with Crippen molar-refractivity contribution < 1.29 is 4.39 Å². The fourth-order valence-corrected chi connectivity index (χ4v) is 3.02. The predicted octanol–water partition coefficient (Wildman–Crippen LogP) is 4.16. The van der Waals surface area contributed by atoms with Gasteiger partial charge in [-0.2, -0.15) is 0 Å². The van der Waals surface area contributed by atoms with Gasteiger partial charge in [-0.3, -0.25) is 0 Å². The van der Waals surface area contributed by atoms with Crippen molar-refractivity contribution in [2.45, 2.75) is 57.9 Å². The molecule has 1 aromatic carbocycles. The van der Waals surface area contributed by atoms with Crippen LogP contribution in [-0.2, 0) is 0 Å². The van der Waals surface area contributed by atoms with Gasteiger partial charge in [-0.05, 0) is 44.4 Å². The molecule has 1 aliphatic carbocycles. The highest BCUT2D eigenvalue weighted by molar-refractivity contribution is 5.28. The van der Waals surface area contributed by atoms with Crippen LogP contribution in [0.25, 0.3) is 0 Å². The molecule has 2 unspecified atom stereocenters. The third-order valence-electron chi connectivity index (χ3n) is 3.97. The first-order chi connectivity index (χ1) is 8.72. The Kier molecular flexibility index (Phi) is 4.76. The number of benzene rings is 1. The zero-order valence-corrected chi connectivity index (χ0v) is 11.5. The van der Waals surface area contributed by atoms with Crippen LogP contribution in [0.3, 0.4) is 0 Å². The molecule has 18 heavy (non-hydrogen) atoms. The zero-order valence-electron chi connectivity index (χ0n) is 11.5. The van der Waals surface area contributed by atoms with Gasteiger partial charge in [0.05, 0.1) is 0 Å². The maximum absolute atomic E-state index is 14.0. The summed E-state index contributed by atoms with van der Waals surface area (Å²) in [7, 11) is 0. The van der Waals surface area contributed by atoms with Gasteiger partial charge in [-0.15, -0.1) is 0 Å². The molecule has 0 radical (unpaired) electrons. The average molecular weight is 249 g/mol. The highest BCUT2D eigenvalue weighted by Gasteiger charge is 2.27. The van der Waals surface area contributed by atoms with Crippen molar-refractivity contribution in [3.8, 4) is 0 Å². The third-order valence-corrected chi connectivity index (χ3v) is 3.97. The molecule has 1 fully saturated rings. The minimum absolute atomic E-state index is 0.0317. The number of hydrogen-bond acceptors (Lipinski definition) is 1. The molecule has 1 saturated carbocycles. The highest BCUT2D eigenvalue weighted by atomic mass is 19.1. The number of nitrogens with one attached hydrogen (secondary N) is 1. The molecule has 2 atom stereocenters. The maximum Gasteiger partial charge on any atom is 0.126 e. The Balaban J connectivity index is 2.19. The van der Waals surface area contributed by atoms with Gasteiger partial charge in [0.25, 0.3) is 0 Å². The first kappa shape index (κ1) is 13.5. The fourth-order valence-electron chi connectivity index (χ4n) is 3.02. The molecule has 0 saturated heterocycles. The molecule has 0 heterocycles. The first-order valence-electron chi connectivity index (χ1n) is 7.21. The van der Waals surface area contributed by atoms with Gasteiger partial charge in [0.1, 0.15) is 5.82 Å². The summed E-state index contributed by atoms with van der Waals surface area (Å²) in [6, 6.07) is 5.97. The number of rotatable bonds is 4. The molecule has 0 bridgehead atoms. The van der Waals surface area contributed by atoms with E-state index in [0.29, 0.717) is 12.0 Å². The van der Waals surface area contributed by atoms with Crippen molar-refractivity contribution in [2.24, 2.45) is 0 Å². The van der Waals surface area contributed by atoms with E-state index < -0.39 is 0 Å². The van der Waals surface area contributed by atoms with Gasteiger partial charge in [0.15, 0.2) is 0 Å². The van der Waals surface area contributed by atoms with Gasteiger partial charge in [0.2, 0.25) is 0 Å². The van der Waals surface area contributed by atoms with E-state index in [1.54, 1.807) is 6.07 Å². The Labute approximate surface area is 110 Å².